The highest BCUT2D eigenvalue weighted by Crippen LogP contribution is 2.38. The second kappa shape index (κ2) is 4.87. The number of nitrogens with one attached hydrogen (secondary N) is 1. The van der Waals surface area contributed by atoms with Gasteiger partial charge in [0.15, 0.2) is 0 Å². The van der Waals surface area contributed by atoms with Crippen molar-refractivity contribution in [3.8, 4) is 0 Å². The molecule has 0 amide bonds. The van der Waals surface area contributed by atoms with Crippen LogP contribution in [0.25, 0.3) is 0 Å². The van der Waals surface area contributed by atoms with E-state index in [1.165, 1.54) is 12.8 Å². The average molecular weight is 258 g/mol. The van der Waals surface area contributed by atoms with Crippen molar-refractivity contribution < 1.29 is 0 Å². The minimum Gasteiger partial charge on any atom is -0.384 e. The van der Waals surface area contributed by atoms with Gasteiger partial charge in [-0.3, -0.25) is 4.68 Å². The first-order valence-corrected chi connectivity index (χ1v) is 6.59. The Morgan fingerprint density at radius 1 is 1.47 bits per heavy atom. The van der Waals surface area contributed by atoms with Gasteiger partial charge in [-0.15, -0.1) is 0 Å². The summed E-state index contributed by atoms with van der Waals surface area (Å²) in [5, 5.41) is 7.54. The molecule has 19 heavy (non-hydrogen) atoms. The molecule has 6 heteroatoms. The van der Waals surface area contributed by atoms with Crippen molar-refractivity contribution in [3.63, 3.8) is 0 Å². The third-order valence-corrected chi connectivity index (χ3v) is 3.12. The third kappa shape index (κ3) is 3.01. The first-order chi connectivity index (χ1) is 9.20. The summed E-state index contributed by atoms with van der Waals surface area (Å²) < 4.78 is 1.89. The van der Waals surface area contributed by atoms with Crippen molar-refractivity contribution in [3.05, 3.63) is 30.4 Å². The molecular weight excluding hydrogens is 240 g/mol. The molecule has 2 aromatic heterocycles. The van der Waals surface area contributed by atoms with Gasteiger partial charge in [0, 0.05) is 30.4 Å². The summed E-state index contributed by atoms with van der Waals surface area (Å²) in [5.74, 6) is 2.71. The van der Waals surface area contributed by atoms with Gasteiger partial charge in [0.2, 0.25) is 0 Å². The van der Waals surface area contributed by atoms with E-state index in [1.807, 2.05) is 16.9 Å². The Morgan fingerprint density at radius 2 is 2.32 bits per heavy atom. The largest absolute Gasteiger partial charge is 0.384 e. The van der Waals surface area contributed by atoms with Crippen LogP contribution in [-0.2, 0) is 6.54 Å². The number of rotatable bonds is 5. The highest BCUT2D eigenvalue weighted by atomic mass is 15.3. The van der Waals surface area contributed by atoms with E-state index >= 15 is 0 Å². The summed E-state index contributed by atoms with van der Waals surface area (Å²) in [5.41, 5.74) is 5.83. The summed E-state index contributed by atoms with van der Waals surface area (Å²) in [4.78, 5) is 8.82. The fourth-order valence-electron chi connectivity index (χ4n) is 2.07. The fraction of sp³-hybridized carbons (Fsp3) is 0.462. The fourth-order valence-corrected chi connectivity index (χ4v) is 2.07. The maximum absolute atomic E-state index is 5.83. The van der Waals surface area contributed by atoms with Crippen LogP contribution < -0.4 is 11.1 Å². The van der Waals surface area contributed by atoms with Gasteiger partial charge in [0.05, 0.1) is 6.54 Å². The molecule has 0 aromatic carbocycles. The number of nitrogen functional groups attached to an aromatic ring is 1. The van der Waals surface area contributed by atoms with Gasteiger partial charge in [-0.05, 0) is 25.8 Å². The van der Waals surface area contributed by atoms with Crippen LogP contribution in [0.15, 0.2) is 24.5 Å². The van der Waals surface area contributed by atoms with E-state index in [0.29, 0.717) is 11.7 Å². The van der Waals surface area contributed by atoms with Gasteiger partial charge in [-0.25, -0.2) is 9.97 Å². The first-order valence-electron chi connectivity index (χ1n) is 6.59. The van der Waals surface area contributed by atoms with Crippen LogP contribution in [0, 0.1) is 0 Å². The summed E-state index contributed by atoms with van der Waals surface area (Å²) in [6.45, 7) is 2.88. The van der Waals surface area contributed by atoms with E-state index in [4.69, 9.17) is 5.73 Å². The summed E-state index contributed by atoms with van der Waals surface area (Å²) >= 11 is 0. The zero-order valence-electron chi connectivity index (χ0n) is 11.0. The van der Waals surface area contributed by atoms with Crippen LogP contribution in [0.1, 0.15) is 31.5 Å². The van der Waals surface area contributed by atoms with Gasteiger partial charge in [0.25, 0.3) is 0 Å². The van der Waals surface area contributed by atoms with E-state index < -0.39 is 0 Å². The molecule has 3 rings (SSSR count). The summed E-state index contributed by atoms with van der Waals surface area (Å²) in [7, 11) is 0. The van der Waals surface area contributed by atoms with Crippen LogP contribution in [0.2, 0.25) is 0 Å². The van der Waals surface area contributed by atoms with Crippen LogP contribution in [0.5, 0.6) is 0 Å². The number of hydrogen-bond donors (Lipinski definition) is 2. The molecule has 100 valence electrons. The highest BCUT2D eigenvalue weighted by Gasteiger charge is 2.27. The Labute approximate surface area is 112 Å². The molecule has 1 aliphatic rings. The van der Waals surface area contributed by atoms with E-state index in [-0.39, 0.29) is 6.04 Å². The smallest absolute Gasteiger partial charge is 0.136 e. The molecule has 0 aliphatic heterocycles. The number of hydrogen-bond acceptors (Lipinski definition) is 5. The Morgan fingerprint density at radius 3 is 3.00 bits per heavy atom. The van der Waals surface area contributed by atoms with Crippen molar-refractivity contribution >= 4 is 11.6 Å². The van der Waals surface area contributed by atoms with Crippen LogP contribution in [-0.4, -0.2) is 25.8 Å². The Kier molecular flexibility index (Phi) is 3.06. The van der Waals surface area contributed by atoms with Crippen molar-refractivity contribution in [1.82, 2.24) is 19.7 Å². The normalized spacial score (nSPS) is 16.3. The maximum atomic E-state index is 5.83. The molecule has 0 spiro atoms. The van der Waals surface area contributed by atoms with Crippen molar-refractivity contribution in [1.29, 1.82) is 0 Å². The molecule has 1 atom stereocenters. The van der Waals surface area contributed by atoms with Crippen molar-refractivity contribution in [2.75, 3.05) is 11.1 Å². The van der Waals surface area contributed by atoms with Crippen LogP contribution in [0.4, 0.5) is 11.6 Å². The minimum atomic E-state index is 0.223. The lowest BCUT2D eigenvalue weighted by Crippen LogP contribution is -2.23. The number of nitrogens with zero attached hydrogens (tertiary/aromatic N) is 4. The average Bonchev–Trinajstić information content (AvgIpc) is 3.08. The molecule has 2 heterocycles. The Bertz CT molecular complexity index is 546. The van der Waals surface area contributed by atoms with Crippen LogP contribution >= 0.6 is 0 Å². The van der Waals surface area contributed by atoms with Gasteiger partial charge in [-0.2, -0.15) is 5.10 Å². The zero-order valence-corrected chi connectivity index (χ0v) is 11.0. The zero-order chi connectivity index (χ0) is 13.2. The van der Waals surface area contributed by atoms with Crippen molar-refractivity contribution in [2.24, 2.45) is 0 Å². The molecule has 1 fully saturated rings. The molecule has 0 radical (unpaired) electrons. The first kappa shape index (κ1) is 12.0. The monoisotopic (exact) mass is 258 g/mol. The molecule has 1 aliphatic carbocycles. The lowest BCUT2D eigenvalue weighted by atomic mass is 10.3. The standard InChI is InChI=1S/C13H18N6/c1-9(8-19-6-2-5-15-19)16-12-7-11(14)17-13(18-12)10-3-4-10/h2,5-7,9-10H,3-4,8H2,1H3,(H3,14,16,17,18). The predicted octanol–water partition coefficient (Wildman–Crippen LogP) is 1.63. The highest BCUT2D eigenvalue weighted by molar-refractivity contribution is 5.45. The second-order valence-electron chi connectivity index (χ2n) is 5.08. The lowest BCUT2D eigenvalue weighted by Gasteiger charge is -2.15. The molecule has 6 nitrogen and oxygen atoms in total. The molecule has 3 N–H and O–H groups in total. The summed E-state index contributed by atoms with van der Waals surface area (Å²) in [6, 6.07) is 3.92. The molecule has 1 saturated carbocycles. The SMILES string of the molecule is CC(Cn1cccn1)Nc1cc(N)nc(C2CC2)n1. The molecule has 0 bridgehead atoms. The Balaban J connectivity index is 1.68. The van der Waals surface area contributed by atoms with E-state index in [0.717, 1.165) is 18.2 Å². The molecular formula is C13H18N6. The quantitative estimate of drug-likeness (QED) is 0.852. The van der Waals surface area contributed by atoms with Gasteiger partial charge in [-0.1, -0.05) is 0 Å². The number of aromatic nitrogens is 4. The summed E-state index contributed by atoms with van der Waals surface area (Å²) in [6.07, 6.45) is 6.07. The molecule has 1 unspecified atom stereocenters. The van der Waals surface area contributed by atoms with Gasteiger partial charge >= 0.3 is 0 Å². The van der Waals surface area contributed by atoms with E-state index in [2.05, 4.69) is 27.3 Å². The predicted molar refractivity (Wildman–Crippen MR) is 73.7 cm³/mol. The van der Waals surface area contributed by atoms with Crippen LogP contribution in [0.3, 0.4) is 0 Å². The van der Waals surface area contributed by atoms with Crippen molar-refractivity contribution in [2.45, 2.75) is 38.3 Å². The second-order valence-corrected chi connectivity index (χ2v) is 5.08. The minimum absolute atomic E-state index is 0.223. The van der Waals surface area contributed by atoms with Gasteiger partial charge in [0.1, 0.15) is 17.5 Å². The topological polar surface area (TPSA) is 81.7 Å². The maximum Gasteiger partial charge on any atom is 0.136 e. The molecule has 2 aromatic rings. The Hall–Kier alpha value is -2.11. The number of nitrogens with two attached hydrogens (primary N) is 1. The molecule has 0 saturated heterocycles. The van der Waals surface area contributed by atoms with Gasteiger partial charge < -0.3 is 11.1 Å². The number of anilines is 2. The van der Waals surface area contributed by atoms with E-state index in [9.17, 15) is 0 Å². The third-order valence-electron chi connectivity index (χ3n) is 3.12. The van der Waals surface area contributed by atoms with E-state index in [1.54, 1.807) is 12.3 Å². The lowest BCUT2D eigenvalue weighted by molar-refractivity contribution is 0.559.